The van der Waals surface area contributed by atoms with Crippen molar-refractivity contribution in [3.63, 3.8) is 0 Å². The van der Waals surface area contributed by atoms with Gasteiger partial charge in [-0.05, 0) is 55.4 Å². The Kier molecular flexibility index (Phi) is 6.18. The highest BCUT2D eigenvalue weighted by molar-refractivity contribution is 5.40. The van der Waals surface area contributed by atoms with Crippen molar-refractivity contribution in [3.05, 3.63) is 59.7 Å². The highest BCUT2D eigenvalue weighted by Crippen LogP contribution is 2.37. The van der Waals surface area contributed by atoms with Crippen molar-refractivity contribution < 1.29 is 9.47 Å². The molecule has 2 fully saturated rings. The predicted molar refractivity (Wildman–Crippen MR) is 113 cm³/mol. The van der Waals surface area contributed by atoms with Gasteiger partial charge >= 0.3 is 0 Å². The van der Waals surface area contributed by atoms with Gasteiger partial charge in [0.2, 0.25) is 0 Å². The molecule has 1 heterocycles. The van der Waals surface area contributed by atoms with Crippen molar-refractivity contribution in [3.8, 4) is 11.5 Å². The van der Waals surface area contributed by atoms with Crippen molar-refractivity contribution in [2.45, 2.75) is 56.8 Å². The first kappa shape index (κ1) is 19.3. The van der Waals surface area contributed by atoms with Crippen LogP contribution in [0.1, 0.15) is 49.3 Å². The summed E-state index contributed by atoms with van der Waals surface area (Å²) in [5, 5.41) is 7.86. The Morgan fingerprint density at radius 3 is 2.61 bits per heavy atom. The lowest BCUT2D eigenvalue weighted by Crippen LogP contribution is -2.43. The SMILES string of the molecule is COc1ccc(OC)c(CNC2CCC3CCCC3NC2c2ccccc2)c1. The molecule has 4 unspecified atom stereocenters. The van der Waals surface area contributed by atoms with Crippen LogP contribution < -0.4 is 20.1 Å². The summed E-state index contributed by atoms with van der Waals surface area (Å²) in [6, 6.07) is 18.3. The number of hydrogen-bond acceptors (Lipinski definition) is 4. The lowest BCUT2D eigenvalue weighted by atomic mass is 9.94. The number of fused-ring (bicyclic) bond motifs is 1. The van der Waals surface area contributed by atoms with E-state index >= 15 is 0 Å². The van der Waals surface area contributed by atoms with Crippen LogP contribution in [0.3, 0.4) is 0 Å². The highest BCUT2D eigenvalue weighted by Gasteiger charge is 2.36. The minimum absolute atomic E-state index is 0.339. The van der Waals surface area contributed by atoms with E-state index in [4.69, 9.17) is 9.47 Å². The first-order chi connectivity index (χ1) is 13.8. The summed E-state index contributed by atoms with van der Waals surface area (Å²) in [7, 11) is 3.44. The van der Waals surface area contributed by atoms with Gasteiger partial charge in [-0.25, -0.2) is 0 Å². The van der Waals surface area contributed by atoms with Crippen LogP contribution in [0, 0.1) is 5.92 Å². The summed E-state index contributed by atoms with van der Waals surface area (Å²) >= 11 is 0. The molecule has 1 aliphatic carbocycles. The molecule has 2 aliphatic rings. The quantitative estimate of drug-likeness (QED) is 0.777. The predicted octanol–water partition coefficient (Wildman–Crippen LogP) is 4.46. The molecule has 1 saturated carbocycles. The smallest absolute Gasteiger partial charge is 0.123 e. The van der Waals surface area contributed by atoms with E-state index in [0.29, 0.717) is 18.1 Å². The fourth-order valence-corrected chi connectivity index (χ4v) is 4.98. The van der Waals surface area contributed by atoms with E-state index in [2.05, 4.69) is 47.0 Å². The third-order valence-corrected chi connectivity index (χ3v) is 6.50. The zero-order valence-electron chi connectivity index (χ0n) is 17.0. The average Bonchev–Trinajstić information content (AvgIpc) is 3.12. The number of methoxy groups -OCH3 is 2. The molecule has 0 spiro atoms. The Hall–Kier alpha value is -2.04. The topological polar surface area (TPSA) is 42.5 Å². The molecule has 2 aromatic carbocycles. The van der Waals surface area contributed by atoms with Crippen LogP contribution in [-0.2, 0) is 6.54 Å². The van der Waals surface area contributed by atoms with Crippen molar-refractivity contribution in [2.24, 2.45) is 5.92 Å². The second-order valence-corrected chi connectivity index (χ2v) is 8.10. The molecule has 2 aromatic rings. The standard InChI is InChI=1S/C24H32N2O2/c1-27-20-12-14-23(28-2)19(15-20)16-25-22-13-11-17-9-6-10-21(17)26-24(22)18-7-4-3-5-8-18/h3-5,7-8,12,14-15,17,21-22,24-26H,6,9-11,13,16H2,1-2H3. The molecule has 4 rings (SSSR count). The maximum atomic E-state index is 5.57. The van der Waals surface area contributed by atoms with E-state index in [1.807, 2.05) is 12.1 Å². The fourth-order valence-electron chi connectivity index (χ4n) is 4.98. The first-order valence-electron chi connectivity index (χ1n) is 10.5. The van der Waals surface area contributed by atoms with Crippen molar-refractivity contribution >= 4 is 0 Å². The summed E-state index contributed by atoms with van der Waals surface area (Å²) in [6.07, 6.45) is 6.54. The molecule has 4 nitrogen and oxygen atoms in total. The van der Waals surface area contributed by atoms with E-state index < -0.39 is 0 Å². The lowest BCUT2D eigenvalue weighted by Gasteiger charge is -2.30. The molecule has 2 N–H and O–H groups in total. The third-order valence-electron chi connectivity index (χ3n) is 6.50. The summed E-state index contributed by atoms with van der Waals surface area (Å²) < 4.78 is 11.0. The van der Waals surface area contributed by atoms with Crippen LogP contribution in [-0.4, -0.2) is 26.3 Å². The largest absolute Gasteiger partial charge is 0.497 e. The average molecular weight is 381 g/mol. The molecule has 28 heavy (non-hydrogen) atoms. The molecule has 1 aliphatic heterocycles. The van der Waals surface area contributed by atoms with Gasteiger partial charge in [0.15, 0.2) is 0 Å². The molecule has 0 bridgehead atoms. The molecular weight excluding hydrogens is 348 g/mol. The van der Waals surface area contributed by atoms with Gasteiger partial charge in [0.1, 0.15) is 11.5 Å². The highest BCUT2D eigenvalue weighted by atomic mass is 16.5. The van der Waals surface area contributed by atoms with Gasteiger partial charge in [-0.2, -0.15) is 0 Å². The number of rotatable bonds is 6. The molecule has 150 valence electrons. The van der Waals surface area contributed by atoms with Crippen LogP contribution in [0.5, 0.6) is 11.5 Å². The van der Waals surface area contributed by atoms with E-state index in [0.717, 1.165) is 29.5 Å². The summed E-state index contributed by atoms with van der Waals surface area (Å²) in [6.45, 7) is 0.769. The number of benzene rings is 2. The zero-order chi connectivity index (χ0) is 19.3. The second-order valence-electron chi connectivity index (χ2n) is 8.10. The number of hydrogen-bond donors (Lipinski definition) is 2. The second kappa shape index (κ2) is 8.97. The Morgan fingerprint density at radius 1 is 0.964 bits per heavy atom. The van der Waals surface area contributed by atoms with E-state index in [1.165, 1.54) is 37.7 Å². The van der Waals surface area contributed by atoms with Crippen molar-refractivity contribution in [1.82, 2.24) is 10.6 Å². The van der Waals surface area contributed by atoms with Gasteiger partial charge in [-0.15, -0.1) is 0 Å². The summed E-state index contributed by atoms with van der Waals surface area (Å²) in [4.78, 5) is 0. The van der Waals surface area contributed by atoms with Crippen LogP contribution >= 0.6 is 0 Å². The lowest BCUT2D eigenvalue weighted by molar-refractivity contribution is 0.347. The molecular formula is C24H32N2O2. The van der Waals surface area contributed by atoms with Crippen molar-refractivity contribution in [2.75, 3.05) is 14.2 Å². The van der Waals surface area contributed by atoms with Crippen LogP contribution in [0.25, 0.3) is 0 Å². The van der Waals surface area contributed by atoms with Crippen LogP contribution in [0.2, 0.25) is 0 Å². The molecule has 0 radical (unpaired) electrons. The van der Waals surface area contributed by atoms with Gasteiger partial charge in [-0.3, -0.25) is 0 Å². The van der Waals surface area contributed by atoms with Gasteiger partial charge in [0.05, 0.1) is 14.2 Å². The maximum Gasteiger partial charge on any atom is 0.123 e. The Morgan fingerprint density at radius 2 is 1.82 bits per heavy atom. The summed E-state index contributed by atoms with van der Waals surface area (Å²) in [5.41, 5.74) is 2.52. The minimum atomic E-state index is 0.339. The number of nitrogens with one attached hydrogen (secondary N) is 2. The molecule has 4 atom stereocenters. The van der Waals surface area contributed by atoms with Gasteiger partial charge in [0, 0.05) is 30.2 Å². The Bertz CT molecular complexity index is 764. The third kappa shape index (κ3) is 4.18. The molecule has 0 amide bonds. The number of ether oxygens (including phenoxy) is 2. The van der Waals surface area contributed by atoms with Gasteiger partial charge < -0.3 is 20.1 Å². The monoisotopic (exact) mass is 380 g/mol. The van der Waals surface area contributed by atoms with Gasteiger partial charge in [-0.1, -0.05) is 36.8 Å². The first-order valence-corrected chi connectivity index (χ1v) is 10.5. The van der Waals surface area contributed by atoms with Gasteiger partial charge in [0.25, 0.3) is 0 Å². The van der Waals surface area contributed by atoms with Crippen LogP contribution in [0.4, 0.5) is 0 Å². The fraction of sp³-hybridized carbons (Fsp3) is 0.500. The van der Waals surface area contributed by atoms with E-state index in [1.54, 1.807) is 14.2 Å². The van der Waals surface area contributed by atoms with Crippen molar-refractivity contribution in [1.29, 1.82) is 0 Å². The zero-order valence-corrected chi connectivity index (χ0v) is 17.0. The van der Waals surface area contributed by atoms with Crippen LogP contribution in [0.15, 0.2) is 48.5 Å². The normalized spacial score (nSPS) is 27.1. The Labute approximate surface area is 168 Å². The molecule has 0 aromatic heterocycles. The summed E-state index contributed by atoms with van der Waals surface area (Å²) in [5.74, 6) is 2.60. The van der Waals surface area contributed by atoms with E-state index in [-0.39, 0.29) is 0 Å². The molecule has 4 heteroatoms. The maximum absolute atomic E-state index is 5.57. The Balaban J connectivity index is 1.54. The van der Waals surface area contributed by atoms with E-state index in [9.17, 15) is 0 Å². The minimum Gasteiger partial charge on any atom is -0.497 e. The molecule has 1 saturated heterocycles.